The molecule has 6 heteroatoms. The van der Waals surface area contributed by atoms with E-state index >= 15 is 0 Å². The maximum Gasteiger partial charge on any atom is 0.226 e. The number of para-hydroxylation sites is 1. The molecule has 5 nitrogen and oxygen atoms in total. The minimum Gasteiger partial charge on any atom is -0.497 e. The quantitative estimate of drug-likeness (QED) is 0.496. The van der Waals surface area contributed by atoms with Crippen LogP contribution in [0, 0.1) is 0 Å². The summed E-state index contributed by atoms with van der Waals surface area (Å²) in [6.45, 7) is 0.605. The molecule has 0 bridgehead atoms. The van der Waals surface area contributed by atoms with Crippen molar-refractivity contribution in [1.82, 2.24) is 15.3 Å². The van der Waals surface area contributed by atoms with Gasteiger partial charge in [-0.25, -0.2) is 4.98 Å². The lowest BCUT2D eigenvalue weighted by Gasteiger charge is -2.04. The zero-order valence-corrected chi connectivity index (χ0v) is 16.4. The summed E-state index contributed by atoms with van der Waals surface area (Å²) >= 11 is 1.54. The van der Waals surface area contributed by atoms with Crippen LogP contribution in [-0.2, 0) is 17.6 Å². The monoisotopic (exact) mass is 391 g/mol. The van der Waals surface area contributed by atoms with E-state index in [1.165, 1.54) is 22.3 Å². The fourth-order valence-corrected chi connectivity index (χ4v) is 4.00. The van der Waals surface area contributed by atoms with Crippen molar-refractivity contribution in [2.24, 2.45) is 0 Å². The van der Waals surface area contributed by atoms with Crippen molar-refractivity contribution in [3.8, 4) is 16.3 Å². The Morgan fingerprint density at radius 3 is 3.00 bits per heavy atom. The van der Waals surface area contributed by atoms with E-state index in [-0.39, 0.29) is 12.3 Å². The van der Waals surface area contributed by atoms with Gasteiger partial charge in [0.15, 0.2) is 0 Å². The van der Waals surface area contributed by atoms with Crippen molar-refractivity contribution < 1.29 is 9.53 Å². The second-order valence-electron chi connectivity index (χ2n) is 6.51. The van der Waals surface area contributed by atoms with Gasteiger partial charge in [-0.05, 0) is 30.2 Å². The maximum absolute atomic E-state index is 12.3. The van der Waals surface area contributed by atoms with E-state index in [0.717, 1.165) is 34.0 Å². The van der Waals surface area contributed by atoms with Gasteiger partial charge in [-0.2, -0.15) is 0 Å². The van der Waals surface area contributed by atoms with Crippen LogP contribution in [-0.4, -0.2) is 29.5 Å². The molecule has 2 heterocycles. The predicted octanol–water partition coefficient (Wildman–Crippen LogP) is 4.20. The number of hydrogen-bond acceptors (Lipinski definition) is 4. The maximum atomic E-state index is 12.3. The molecule has 28 heavy (non-hydrogen) atoms. The average Bonchev–Trinajstić information content (AvgIpc) is 3.35. The van der Waals surface area contributed by atoms with Gasteiger partial charge in [0.2, 0.25) is 5.91 Å². The Bertz CT molecular complexity index is 1100. The number of rotatable bonds is 7. The molecule has 2 aromatic carbocycles. The molecular weight excluding hydrogens is 370 g/mol. The first-order chi connectivity index (χ1) is 13.7. The molecule has 4 rings (SSSR count). The van der Waals surface area contributed by atoms with E-state index in [2.05, 4.69) is 27.4 Å². The van der Waals surface area contributed by atoms with Crippen LogP contribution in [0.2, 0.25) is 0 Å². The number of H-pyrrole nitrogens is 1. The molecule has 0 aliphatic rings. The molecule has 4 aromatic rings. The van der Waals surface area contributed by atoms with Crippen LogP contribution in [0.15, 0.2) is 60.1 Å². The third-order valence-corrected chi connectivity index (χ3v) is 5.54. The molecule has 0 fully saturated rings. The third-order valence-electron chi connectivity index (χ3n) is 4.60. The molecule has 2 aromatic heterocycles. The number of aromatic nitrogens is 2. The zero-order chi connectivity index (χ0) is 19.3. The van der Waals surface area contributed by atoms with Gasteiger partial charge in [-0.3, -0.25) is 4.79 Å². The lowest BCUT2D eigenvalue weighted by Crippen LogP contribution is -2.27. The van der Waals surface area contributed by atoms with Crippen molar-refractivity contribution in [2.75, 3.05) is 13.7 Å². The first kappa shape index (κ1) is 18.3. The second kappa shape index (κ2) is 8.27. The molecule has 0 unspecified atom stereocenters. The van der Waals surface area contributed by atoms with Crippen molar-refractivity contribution in [1.29, 1.82) is 0 Å². The number of amides is 1. The number of carbonyl (C=O) groups excluding carboxylic acids is 1. The van der Waals surface area contributed by atoms with Crippen LogP contribution in [0.5, 0.6) is 5.75 Å². The summed E-state index contributed by atoms with van der Waals surface area (Å²) in [5, 5.41) is 7.03. The number of ether oxygens (including phenoxy) is 1. The molecule has 0 spiro atoms. The molecule has 1 amide bonds. The fraction of sp³-hybridized carbons (Fsp3) is 0.182. The average molecular weight is 391 g/mol. The summed E-state index contributed by atoms with van der Waals surface area (Å²) in [6.07, 6.45) is 3.09. The SMILES string of the molecule is COc1cccc(-c2nc(CC(=O)NCCc3c[nH]c4ccccc34)cs2)c1. The molecule has 0 saturated carbocycles. The first-order valence-corrected chi connectivity index (χ1v) is 10.0. The van der Waals surface area contributed by atoms with Gasteiger partial charge in [0.05, 0.1) is 19.2 Å². The third kappa shape index (κ3) is 4.07. The number of nitrogens with one attached hydrogen (secondary N) is 2. The van der Waals surface area contributed by atoms with E-state index in [1.54, 1.807) is 7.11 Å². The number of thiazole rings is 1. The van der Waals surface area contributed by atoms with Crippen molar-refractivity contribution in [2.45, 2.75) is 12.8 Å². The van der Waals surface area contributed by atoms with E-state index in [1.807, 2.05) is 48.0 Å². The van der Waals surface area contributed by atoms with Gasteiger partial charge in [0, 0.05) is 34.6 Å². The number of aromatic amines is 1. The minimum absolute atomic E-state index is 0.0117. The van der Waals surface area contributed by atoms with Gasteiger partial charge < -0.3 is 15.0 Å². The highest BCUT2D eigenvalue weighted by molar-refractivity contribution is 7.13. The summed E-state index contributed by atoms with van der Waals surface area (Å²) < 4.78 is 5.26. The molecular formula is C22H21N3O2S. The van der Waals surface area contributed by atoms with Gasteiger partial charge in [0.1, 0.15) is 10.8 Å². The number of benzene rings is 2. The largest absolute Gasteiger partial charge is 0.497 e. The number of nitrogens with zero attached hydrogens (tertiary/aromatic N) is 1. The van der Waals surface area contributed by atoms with Gasteiger partial charge in [-0.1, -0.05) is 30.3 Å². The highest BCUT2D eigenvalue weighted by Crippen LogP contribution is 2.27. The summed E-state index contributed by atoms with van der Waals surface area (Å²) in [5.41, 5.74) is 4.11. The van der Waals surface area contributed by atoms with Crippen LogP contribution in [0.25, 0.3) is 21.5 Å². The molecule has 142 valence electrons. The summed E-state index contributed by atoms with van der Waals surface area (Å²) in [5.74, 6) is 0.784. The Labute approximate surface area is 167 Å². The lowest BCUT2D eigenvalue weighted by atomic mass is 10.1. The van der Waals surface area contributed by atoms with E-state index in [4.69, 9.17) is 4.74 Å². The van der Waals surface area contributed by atoms with Crippen LogP contribution >= 0.6 is 11.3 Å². The minimum atomic E-state index is -0.0117. The van der Waals surface area contributed by atoms with E-state index in [9.17, 15) is 4.79 Å². The topological polar surface area (TPSA) is 67.0 Å². The normalized spacial score (nSPS) is 10.9. The number of carbonyl (C=O) groups is 1. The number of fused-ring (bicyclic) bond motifs is 1. The standard InChI is InChI=1S/C22H21N3O2S/c1-27-18-6-4-5-15(11-18)22-25-17(14-28-22)12-21(26)23-10-9-16-13-24-20-8-3-2-7-19(16)20/h2-8,11,13-14,24H,9-10,12H2,1H3,(H,23,26). The lowest BCUT2D eigenvalue weighted by molar-refractivity contribution is -0.120. The van der Waals surface area contributed by atoms with Crippen LogP contribution in [0.1, 0.15) is 11.3 Å². The molecule has 0 radical (unpaired) electrons. The Hall–Kier alpha value is -3.12. The molecule has 0 atom stereocenters. The second-order valence-corrected chi connectivity index (χ2v) is 7.37. The Morgan fingerprint density at radius 1 is 1.21 bits per heavy atom. The Morgan fingerprint density at radius 2 is 2.11 bits per heavy atom. The van der Waals surface area contributed by atoms with E-state index in [0.29, 0.717) is 6.54 Å². The molecule has 2 N–H and O–H groups in total. The Balaban J connectivity index is 1.32. The summed E-state index contributed by atoms with van der Waals surface area (Å²) in [7, 11) is 1.65. The highest BCUT2D eigenvalue weighted by atomic mass is 32.1. The van der Waals surface area contributed by atoms with Crippen molar-refractivity contribution in [3.05, 3.63) is 71.4 Å². The van der Waals surface area contributed by atoms with Crippen molar-refractivity contribution in [3.63, 3.8) is 0 Å². The molecule has 0 aliphatic heterocycles. The summed E-state index contributed by atoms with van der Waals surface area (Å²) in [4.78, 5) is 20.1. The van der Waals surface area contributed by atoms with Crippen LogP contribution < -0.4 is 10.1 Å². The highest BCUT2D eigenvalue weighted by Gasteiger charge is 2.10. The predicted molar refractivity (Wildman–Crippen MR) is 113 cm³/mol. The van der Waals surface area contributed by atoms with E-state index < -0.39 is 0 Å². The zero-order valence-electron chi connectivity index (χ0n) is 15.6. The summed E-state index contributed by atoms with van der Waals surface area (Å²) in [6, 6.07) is 16.0. The Kier molecular flexibility index (Phi) is 5.39. The number of hydrogen-bond donors (Lipinski definition) is 2. The van der Waals surface area contributed by atoms with Crippen LogP contribution in [0.3, 0.4) is 0 Å². The first-order valence-electron chi connectivity index (χ1n) is 9.13. The smallest absolute Gasteiger partial charge is 0.226 e. The molecule has 0 aliphatic carbocycles. The van der Waals surface area contributed by atoms with Gasteiger partial charge in [-0.15, -0.1) is 11.3 Å². The molecule has 0 saturated heterocycles. The number of methoxy groups -OCH3 is 1. The van der Waals surface area contributed by atoms with Crippen LogP contribution in [0.4, 0.5) is 0 Å². The van der Waals surface area contributed by atoms with Crippen molar-refractivity contribution >= 4 is 28.1 Å². The van der Waals surface area contributed by atoms with Gasteiger partial charge in [0.25, 0.3) is 0 Å². The fourth-order valence-electron chi connectivity index (χ4n) is 3.18. The van der Waals surface area contributed by atoms with Gasteiger partial charge >= 0.3 is 0 Å².